The van der Waals surface area contributed by atoms with Crippen molar-refractivity contribution in [1.29, 1.82) is 0 Å². The molecule has 3 unspecified atom stereocenters. The number of amides is 1. The number of aliphatic hydroxyl groups is 2. The van der Waals surface area contributed by atoms with Crippen molar-refractivity contribution in [3.05, 3.63) is 35.4 Å². The highest BCUT2D eigenvalue weighted by Crippen LogP contribution is 2.47. The standard InChI is InChI=1S/C26H37N3O5.C11H22.CH5N.CH4/c1-19(32)25-22(17-30)29(34-23(25)18-31)15-21-9-7-8-20(14-21)10-13-26(11-5-4-6-12-26)27-24(33)16-28(2)3;1-8-6-7-9(2)11(4,5)10(8)3;1-2;/h7-9,14,17,19,22-23,25,31-32H,4-6,11-12,15-16,18H2,1-3H3,(H,27,33);8-10H,6-7H2,1-5H3;2H2,1H3;1H4/t19-,22+,23?,25?;8?,9-,10+;;/m01../s1. The van der Waals surface area contributed by atoms with Crippen LogP contribution in [0.2, 0.25) is 0 Å². The largest absolute Gasteiger partial charge is 0.394 e. The van der Waals surface area contributed by atoms with Gasteiger partial charge in [-0.3, -0.25) is 9.63 Å². The normalized spacial score (nSPS) is 28.2. The van der Waals surface area contributed by atoms with Crippen LogP contribution in [0.25, 0.3) is 0 Å². The van der Waals surface area contributed by atoms with Crippen LogP contribution in [0.3, 0.4) is 0 Å². The van der Waals surface area contributed by atoms with Crippen molar-refractivity contribution in [3.63, 3.8) is 0 Å². The number of aldehydes is 1. The van der Waals surface area contributed by atoms with E-state index in [1.807, 2.05) is 43.3 Å². The lowest BCUT2D eigenvalue weighted by atomic mass is 9.60. The maximum absolute atomic E-state index is 12.5. The zero-order valence-corrected chi connectivity index (χ0v) is 30.6. The maximum Gasteiger partial charge on any atom is 0.235 e. The van der Waals surface area contributed by atoms with E-state index in [0.29, 0.717) is 18.5 Å². The van der Waals surface area contributed by atoms with Gasteiger partial charge in [-0.1, -0.05) is 91.7 Å². The highest BCUT2D eigenvalue weighted by Gasteiger charge is 2.45. The fourth-order valence-corrected chi connectivity index (χ4v) is 7.25. The molecule has 0 spiro atoms. The van der Waals surface area contributed by atoms with Crippen molar-refractivity contribution >= 4 is 12.2 Å². The molecule has 1 aromatic rings. The molecule has 0 radical (unpaired) electrons. The quantitative estimate of drug-likeness (QED) is 0.224. The number of nitrogens with one attached hydrogen (secondary N) is 1. The first-order valence-corrected chi connectivity index (χ1v) is 17.6. The van der Waals surface area contributed by atoms with E-state index in [-0.39, 0.29) is 19.9 Å². The molecule has 3 fully saturated rings. The van der Waals surface area contributed by atoms with Gasteiger partial charge < -0.3 is 31.0 Å². The topological polar surface area (TPSA) is 128 Å². The summed E-state index contributed by atoms with van der Waals surface area (Å²) in [5.74, 6) is 8.85. The summed E-state index contributed by atoms with van der Waals surface area (Å²) in [6.07, 6.45) is 7.11. The third-order valence-electron chi connectivity index (χ3n) is 10.9. The van der Waals surface area contributed by atoms with Crippen LogP contribution in [0.4, 0.5) is 0 Å². The van der Waals surface area contributed by atoms with E-state index in [4.69, 9.17) is 4.84 Å². The van der Waals surface area contributed by atoms with Crippen molar-refractivity contribution in [2.24, 2.45) is 34.8 Å². The molecule has 3 aliphatic rings. The van der Waals surface area contributed by atoms with Crippen LogP contribution < -0.4 is 11.1 Å². The Hall–Kier alpha value is -2.32. The van der Waals surface area contributed by atoms with E-state index in [1.165, 1.54) is 25.0 Å². The van der Waals surface area contributed by atoms with Gasteiger partial charge in [0.1, 0.15) is 17.9 Å². The molecule has 274 valence electrons. The van der Waals surface area contributed by atoms with Gasteiger partial charge in [0.05, 0.1) is 25.3 Å². The maximum atomic E-state index is 12.5. The van der Waals surface area contributed by atoms with Gasteiger partial charge >= 0.3 is 0 Å². The Balaban J connectivity index is 0.000000694. The zero-order valence-electron chi connectivity index (χ0n) is 30.6. The van der Waals surface area contributed by atoms with Crippen molar-refractivity contribution < 1.29 is 24.6 Å². The van der Waals surface area contributed by atoms with E-state index >= 15 is 0 Å². The first-order valence-electron chi connectivity index (χ1n) is 17.6. The number of hydroxylamine groups is 2. The SMILES string of the molecule is C.CC1CC[C@@H](C)C(C)(C)[C@H]1C.CN.C[C@H](O)C1C(CO)ON(Cc2cccc(C#CC3(NC(=O)CN(C)C)CCCCC3)c2)[C@@H]1C=O. The minimum Gasteiger partial charge on any atom is -0.394 e. The molecule has 1 saturated heterocycles. The average Bonchev–Trinajstić information content (AvgIpc) is 3.40. The van der Waals surface area contributed by atoms with Crippen LogP contribution in [0.1, 0.15) is 105 Å². The summed E-state index contributed by atoms with van der Waals surface area (Å²) in [5.41, 5.74) is 6.27. The molecule has 48 heavy (non-hydrogen) atoms. The highest BCUT2D eigenvalue weighted by molar-refractivity contribution is 5.79. The van der Waals surface area contributed by atoms with Gasteiger partial charge in [-0.25, -0.2) is 0 Å². The van der Waals surface area contributed by atoms with E-state index < -0.39 is 29.7 Å². The Morgan fingerprint density at radius 2 is 1.81 bits per heavy atom. The van der Waals surface area contributed by atoms with Crippen molar-refractivity contribution in [3.8, 4) is 11.8 Å². The molecule has 1 heterocycles. The molecule has 0 aromatic heterocycles. The van der Waals surface area contributed by atoms with Crippen LogP contribution in [0.5, 0.6) is 0 Å². The second-order valence-corrected chi connectivity index (χ2v) is 14.8. The average molecular weight is 673 g/mol. The number of nitrogens with zero attached hydrogens (tertiary/aromatic N) is 2. The molecule has 1 aliphatic heterocycles. The number of carbonyl (C=O) groups excluding carboxylic acids is 2. The van der Waals surface area contributed by atoms with E-state index in [0.717, 1.165) is 67.3 Å². The number of likely N-dealkylation sites (N-methyl/N-ethyl adjacent to an activating group) is 1. The van der Waals surface area contributed by atoms with Gasteiger partial charge in [0.2, 0.25) is 5.91 Å². The highest BCUT2D eigenvalue weighted by atomic mass is 16.7. The van der Waals surface area contributed by atoms with Gasteiger partial charge in [-0.2, -0.15) is 5.06 Å². The number of hydrogen-bond donors (Lipinski definition) is 4. The third-order valence-corrected chi connectivity index (χ3v) is 10.9. The fraction of sp³-hybridized carbons (Fsp3) is 0.744. The smallest absolute Gasteiger partial charge is 0.235 e. The van der Waals surface area contributed by atoms with Crippen molar-refractivity contribution in [2.45, 2.75) is 124 Å². The summed E-state index contributed by atoms with van der Waals surface area (Å²) in [6, 6.07) is 7.05. The molecular formula is C39H68N4O5. The number of hydrogen-bond acceptors (Lipinski definition) is 8. The number of benzene rings is 1. The van der Waals surface area contributed by atoms with Crippen LogP contribution >= 0.6 is 0 Å². The Morgan fingerprint density at radius 3 is 2.35 bits per heavy atom. The molecule has 5 N–H and O–H groups in total. The first-order chi connectivity index (χ1) is 22.2. The van der Waals surface area contributed by atoms with Crippen LogP contribution in [0, 0.1) is 40.9 Å². The molecular weight excluding hydrogens is 604 g/mol. The van der Waals surface area contributed by atoms with Gasteiger partial charge in [0, 0.05) is 18.0 Å². The first kappa shape index (κ1) is 43.7. The molecule has 1 aromatic carbocycles. The molecule has 7 atom stereocenters. The number of aliphatic hydroxyl groups excluding tert-OH is 2. The summed E-state index contributed by atoms with van der Waals surface area (Å²) in [6.45, 7) is 14.1. The molecule has 9 nitrogen and oxygen atoms in total. The lowest BCUT2D eigenvalue weighted by Crippen LogP contribution is -2.51. The molecule has 9 heteroatoms. The second kappa shape index (κ2) is 20.4. The minimum atomic E-state index is -0.788. The summed E-state index contributed by atoms with van der Waals surface area (Å²) in [4.78, 5) is 31.8. The minimum absolute atomic E-state index is 0. The van der Waals surface area contributed by atoms with Crippen molar-refractivity contribution in [2.75, 3.05) is 34.3 Å². The number of rotatable bonds is 8. The Kier molecular flexibility index (Phi) is 18.6. The fourth-order valence-electron chi connectivity index (χ4n) is 7.25. The van der Waals surface area contributed by atoms with Gasteiger partial charge in [0.15, 0.2) is 0 Å². The Labute approximate surface area is 292 Å². The predicted molar refractivity (Wildman–Crippen MR) is 196 cm³/mol. The lowest BCUT2D eigenvalue weighted by molar-refractivity contribution is -0.177. The summed E-state index contributed by atoms with van der Waals surface area (Å²) >= 11 is 0. The predicted octanol–water partition coefficient (Wildman–Crippen LogP) is 5.02. The third kappa shape index (κ3) is 11.9. The zero-order chi connectivity index (χ0) is 35.4. The van der Waals surface area contributed by atoms with Gasteiger partial charge in [-0.05, 0) is 88.2 Å². The summed E-state index contributed by atoms with van der Waals surface area (Å²) in [7, 11) is 5.24. The van der Waals surface area contributed by atoms with Crippen molar-refractivity contribution in [1.82, 2.24) is 15.3 Å². The number of carbonyl (C=O) groups is 2. The molecule has 0 bridgehead atoms. The second-order valence-electron chi connectivity index (χ2n) is 14.8. The van der Waals surface area contributed by atoms with Gasteiger partial charge in [-0.15, -0.1) is 0 Å². The molecule has 4 rings (SSSR count). The van der Waals surface area contributed by atoms with E-state index in [2.05, 4.69) is 57.5 Å². The van der Waals surface area contributed by atoms with Gasteiger partial charge in [0.25, 0.3) is 0 Å². The van der Waals surface area contributed by atoms with Crippen LogP contribution in [0.15, 0.2) is 24.3 Å². The Morgan fingerprint density at radius 1 is 1.17 bits per heavy atom. The van der Waals surface area contributed by atoms with Crippen LogP contribution in [-0.2, 0) is 21.0 Å². The monoisotopic (exact) mass is 673 g/mol. The summed E-state index contributed by atoms with van der Waals surface area (Å²) < 4.78 is 0. The molecule has 1 amide bonds. The van der Waals surface area contributed by atoms with E-state index in [1.54, 1.807) is 6.92 Å². The van der Waals surface area contributed by atoms with E-state index in [9.17, 15) is 19.8 Å². The number of nitrogens with two attached hydrogens (primary N) is 1. The van der Waals surface area contributed by atoms with Crippen LogP contribution in [-0.4, -0.2) is 90.5 Å². The molecule has 2 saturated carbocycles. The lowest BCUT2D eigenvalue weighted by Gasteiger charge is -2.45. The summed E-state index contributed by atoms with van der Waals surface area (Å²) in [5, 5.41) is 24.4. The Bertz CT molecular complexity index is 1170. The molecule has 2 aliphatic carbocycles.